The van der Waals surface area contributed by atoms with Gasteiger partial charge in [-0.05, 0) is 43.7 Å². The van der Waals surface area contributed by atoms with Gasteiger partial charge in [0.05, 0.1) is 23.0 Å². The van der Waals surface area contributed by atoms with E-state index < -0.39 is 5.60 Å². The van der Waals surface area contributed by atoms with E-state index in [4.69, 9.17) is 4.74 Å². The van der Waals surface area contributed by atoms with Gasteiger partial charge in [0, 0.05) is 23.3 Å². The molecule has 136 valence electrons. The van der Waals surface area contributed by atoms with Crippen LogP contribution in [0.1, 0.15) is 37.3 Å². The number of hydrogen-bond donors (Lipinski definition) is 2. The maximum atomic E-state index is 13.5. The zero-order chi connectivity index (χ0) is 18.8. The van der Waals surface area contributed by atoms with Crippen molar-refractivity contribution < 1.29 is 13.9 Å². The van der Waals surface area contributed by atoms with Crippen LogP contribution in [0.15, 0.2) is 48.4 Å². The maximum Gasteiger partial charge on any atom is 0.259 e. The maximum absolute atomic E-state index is 13.5. The molecule has 5 nitrogen and oxygen atoms in total. The number of aromatic nitrogens is 2. The Balaban J connectivity index is 1.59. The standard InChI is InChI=1S/C21H18FN3O2/c1-21(2)15(11-3-4-12-10-23-25-16(12)7-11)9-18(27-21)19-14-6-5-13(22)8-17(14)24-20(19)26/h3-8,10,15H,9H2,1-2H3,(H,23,25)(H,24,26)/b19-18+. The van der Waals surface area contributed by atoms with Crippen LogP contribution >= 0.6 is 0 Å². The highest BCUT2D eigenvalue weighted by Crippen LogP contribution is 2.49. The molecule has 2 N–H and O–H groups in total. The van der Waals surface area contributed by atoms with E-state index in [1.54, 1.807) is 12.3 Å². The third-order valence-corrected chi connectivity index (χ3v) is 5.49. The van der Waals surface area contributed by atoms with E-state index in [1.165, 1.54) is 12.1 Å². The number of carbonyl (C=O) groups is 1. The summed E-state index contributed by atoms with van der Waals surface area (Å²) in [5.74, 6) is 0.118. The summed E-state index contributed by atoms with van der Waals surface area (Å²) >= 11 is 0. The molecule has 1 saturated heterocycles. The number of halogens is 1. The summed E-state index contributed by atoms with van der Waals surface area (Å²) in [5, 5.41) is 10.9. The number of H-pyrrole nitrogens is 1. The molecule has 1 amide bonds. The Labute approximate surface area is 155 Å². The largest absolute Gasteiger partial charge is 0.491 e. The summed E-state index contributed by atoms with van der Waals surface area (Å²) < 4.78 is 19.7. The number of nitrogens with zero attached hydrogens (tertiary/aromatic N) is 1. The van der Waals surface area contributed by atoms with Crippen molar-refractivity contribution in [2.75, 3.05) is 5.32 Å². The minimum atomic E-state index is -0.473. The Bertz CT molecular complexity index is 1130. The van der Waals surface area contributed by atoms with E-state index in [-0.39, 0.29) is 17.6 Å². The van der Waals surface area contributed by atoms with Gasteiger partial charge in [0.1, 0.15) is 17.2 Å². The first-order chi connectivity index (χ1) is 12.9. The molecule has 2 aliphatic rings. The Hall–Kier alpha value is -3.15. The van der Waals surface area contributed by atoms with Crippen molar-refractivity contribution in [1.82, 2.24) is 10.2 Å². The third kappa shape index (κ3) is 2.44. The van der Waals surface area contributed by atoms with Gasteiger partial charge in [-0.3, -0.25) is 9.89 Å². The number of anilines is 1. The van der Waals surface area contributed by atoms with Crippen LogP contribution in [0.25, 0.3) is 16.5 Å². The lowest BCUT2D eigenvalue weighted by Crippen LogP contribution is -2.25. The molecule has 6 heteroatoms. The number of rotatable bonds is 1. The molecule has 0 saturated carbocycles. The van der Waals surface area contributed by atoms with E-state index in [2.05, 4.69) is 27.6 Å². The second-order valence-corrected chi connectivity index (χ2v) is 7.62. The van der Waals surface area contributed by atoms with Gasteiger partial charge in [0.2, 0.25) is 0 Å². The lowest BCUT2D eigenvalue weighted by atomic mass is 9.83. The summed E-state index contributed by atoms with van der Waals surface area (Å²) in [6.07, 6.45) is 2.40. The summed E-state index contributed by atoms with van der Waals surface area (Å²) in [4.78, 5) is 12.5. The molecule has 0 radical (unpaired) electrons. The van der Waals surface area contributed by atoms with Gasteiger partial charge in [-0.1, -0.05) is 12.1 Å². The van der Waals surface area contributed by atoms with Gasteiger partial charge < -0.3 is 10.1 Å². The van der Waals surface area contributed by atoms with Crippen molar-refractivity contribution >= 4 is 28.1 Å². The number of benzene rings is 2. The minimum Gasteiger partial charge on any atom is -0.491 e. The van der Waals surface area contributed by atoms with Crippen molar-refractivity contribution in [3.63, 3.8) is 0 Å². The molecule has 3 heterocycles. The lowest BCUT2D eigenvalue weighted by molar-refractivity contribution is -0.111. The van der Waals surface area contributed by atoms with Gasteiger partial charge in [-0.25, -0.2) is 4.39 Å². The van der Waals surface area contributed by atoms with Crippen LogP contribution in [0.2, 0.25) is 0 Å². The molecule has 5 rings (SSSR count). The normalized spacial score (nSPS) is 23.4. The van der Waals surface area contributed by atoms with Crippen LogP contribution in [0, 0.1) is 5.82 Å². The van der Waals surface area contributed by atoms with Crippen molar-refractivity contribution in [3.05, 3.63) is 65.3 Å². The van der Waals surface area contributed by atoms with E-state index in [0.29, 0.717) is 29.0 Å². The molecule has 27 heavy (non-hydrogen) atoms. The second-order valence-electron chi connectivity index (χ2n) is 7.62. The number of carbonyl (C=O) groups excluding carboxylic acids is 1. The number of fused-ring (bicyclic) bond motifs is 2. The molecule has 2 aromatic carbocycles. The highest BCUT2D eigenvalue weighted by molar-refractivity contribution is 6.32. The minimum absolute atomic E-state index is 0.0880. The van der Waals surface area contributed by atoms with Crippen molar-refractivity contribution in [1.29, 1.82) is 0 Å². The molecule has 0 aliphatic carbocycles. The molecule has 0 bridgehead atoms. The number of nitrogens with one attached hydrogen (secondary N) is 2. The van der Waals surface area contributed by atoms with Crippen LogP contribution in [-0.4, -0.2) is 21.7 Å². The van der Waals surface area contributed by atoms with Crippen molar-refractivity contribution in [2.24, 2.45) is 0 Å². The molecule has 1 fully saturated rings. The predicted octanol–water partition coefficient (Wildman–Crippen LogP) is 4.35. The number of aromatic amines is 1. The highest BCUT2D eigenvalue weighted by Gasteiger charge is 2.44. The van der Waals surface area contributed by atoms with Crippen LogP contribution in [0.3, 0.4) is 0 Å². The molecular formula is C21H18FN3O2. The molecule has 2 aliphatic heterocycles. The molecule has 0 spiro atoms. The van der Waals surface area contributed by atoms with Crippen molar-refractivity contribution in [2.45, 2.75) is 31.8 Å². The Kier molecular flexibility index (Phi) is 3.22. The fourth-order valence-electron chi connectivity index (χ4n) is 4.13. The number of allylic oxidation sites excluding steroid dienone is 1. The predicted molar refractivity (Wildman–Crippen MR) is 101 cm³/mol. The smallest absolute Gasteiger partial charge is 0.259 e. The number of hydrogen-bond acceptors (Lipinski definition) is 3. The first-order valence-electron chi connectivity index (χ1n) is 8.89. The van der Waals surface area contributed by atoms with Gasteiger partial charge in [-0.2, -0.15) is 5.10 Å². The Morgan fingerprint density at radius 2 is 2.07 bits per heavy atom. The average molecular weight is 363 g/mol. The van der Waals surface area contributed by atoms with Crippen LogP contribution in [-0.2, 0) is 9.53 Å². The van der Waals surface area contributed by atoms with Gasteiger partial charge in [0.25, 0.3) is 5.91 Å². The topological polar surface area (TPSA) is 67.0 Å². The van der Waals surface area contributed by atoms with Gasteiger partial charge in [-0.15, -0.1) is 0 Å². The zero-order valence-corrected chi connectivity index (χ0v) is 15.0. The summed E-state index contributed by atoms with van der Waals surface area (Å²) in [6, 6.07) is 10.5. The van der Waals surface area contributed by atoms with Crippen LogP contribution in [0.5, 0.6) is 0 Å². The molecular weight excluding hydrogens is 345 g/mol. The summed E-state index contributed by atoms with van der Waals surface area (Å²) in [6.45, 7) is 4.06. The number of ether oxygens (including phenoxy) is 1. The lowest BCUT2D eigenvalue weighted by Gasteiger charge is -2.26. The highest BCUT2D eigenvalue weighted by atomic mass is 19.1. The van der Waals surface area contributed by atoms with Crippen molar-refractivity contribution in [3.8, 4) is 0 Å². The molecule has 3 aromatic rings. The van der Waals surface area contributed by atoms with Gasteiger partial charge in [0.15, 0.2) is 0 Å². The molecule has 1 unspecified atom stereocenters. The van der Waals surface area contributed by atoms with E-state index in [0.717, 1.165) is 16.5 Å². The zero-order valence-electron chi connectivity index (χ0n) is 15.0. The quantitative estimate of drug-likeness (QED) is 0.632. The monoisotopic (exact) mass is 363 g/mol. The molecule has 1 atom stereocenters. The van der Waals surface area contributed by atoms with Gasteiger partial charge >= 0.3 is 0 Å². The van der Waals surface area contributed by atoms with E-state index in [1.807, 2.05) is 19.9 Å². The fourth-order valence-corrected chi connectivity index (χ4v) is 4.13. The first kappa shape index (κ1) is 16.1. The van der Waals surface area contributed by atoms with Crippen LogP contribution < -0.4 is 5.32 Å². The summed E-state index contributed by atoms with van der Waals surface area (Å²) in [7, 11) is 0. The van der Waals surface area contributed by atoms with E-state index >= 15 is 0 Å². The van der Waals surface area contributed by atoms with Crippen LogP contribution in [0.4, 0.5) is 10.1 Å². The summed E-state index contributed by atoms with van der Waals surface area (Å²) in [5.41, 5.74) is 3.32. The van der Waals surface area contributed by atoms with E-state index in [9.17, 15) is 9.18 Å². The first-order valence-corrected chi connectivity index (χ1v) is 8.89. The fraction of sp³-hybridized carbons (Fsp3) is 0.238. The SMILES string of the molecule is CC1(C)O/C(=C2/C(=O)Nc3cc(F)ccc32)CC1c1ccc2cn[nH]c2c1. The molecule has 1 aromatic heterocycles. The third-order valence-electron chi connectivity index (χ3n) is 5.49. The second kappa shape index (κ2) is 5.42. The Morgan fingerprint density at radius 1 is 1.22 bits per heavy atom. The average Bonchev–Trinajstić information content (AvgIpc) is 3.28. The number of amides is 1. The Morgan fingerprint density at radius 3 is 2.93 bits per heavy atom.